The highest BCUT2D eigenvalue weighted by molar-refractivity contribution is 5.81. The highest BCUT2D eigenvalue weighted by Gasteiger charge is 2.36. The number of amides is 1. The quantitative estimate of drug-likeness (QED) is 0.753. The van der Waals surface area contributed by atoms with Crippen molar-refractivity contribution in [3.63, 3.8) is 0 Å². The monoisotopic (exact) mass is 226 g/mol. The molecule has 3 nitrogen and oxygen atoms in total. The summed E-state index contributed by atoms with van der Waals surface area (Å²) in [6.45, 7) is 6.43. The molecule has 1 aliphatic carbocycles. The molecule has 1 atom stereocenters. The average molecular weight is 226 g/mol. The van der Waals surface area contributed by atoms with Crippen LogP contribution in [0.4, 0.5) is 0 Å². The molecule has 0 bridgehead atoms. The number of hydrogen-bond donors (Lipinski definition) is 2. The smallest absolute Gasteiger partial charge is 0.237 e. The van der Waals surface area contributed by atoms with Crippen LogP contribution in [0.15, 0.2) is 0 Å². The number of nitrogens with one attached hydrogen (secondary N) is 2. The minimum absolute atomic E-state index is 0.0527. The zero-order valence-electron chi connectivity index (χ0n) is 11.1. The summed E-state index contributed by atoms with van der Waals surface area (Å²) in [4.78, 5) is 11.8. The maximum absolute atomic E-state index is 11.8. The Morgan fingerprint density at radius 2 is 1.88 bits per heavy atom. The van der Waals surface area contributed by atoms with Crippen LogP contribution in [0, 0.1) is 5.92 Å². The Hall–Kier alpha value is -0.570. The molecule has 2 N–H and O–H groups in total. The fourth-order valence-corrected chi connectivity index (χ4v) is 2.67. The molecule has 0 aromatic carbocycles. The third kappa shape index (κ3) is 2.97. The van der Waals surface area contributed by atoms with Gasteiger partial charge in [-0.3, -0.25) is 4.79 Å². The fourth-order valence-electron chi connectivity index (χ4n) is 2.67. The van der Waals surface area contributed by atoms with Crippen LogP contribution < -0.4 is 10.6 Å². The van der Waals surface area contributed by atoms with E-state index in [1.165, 1.54) is 25.7 Å². The van der Waals surface area contributed by atoms with Crippen molar-refractivity contribution >= 4 is 5.91 Å². The van der Waals surface area contributed by atoms with E-state index in [2.05, 4.69) is 31.4 Å². The Labute approximate surface area is 99.4 Å². The SMILES string of the molecule is CCC1(N[C@H](C(=O)NC)C(C)C)CCCC1. The molecule has 16 heavy (non-hydrogen) atoms. The van der Waals surface area contributed by atoms with Gasteiger partial charge in [-0.05, 0) is 25.2 Å². The lowest BCUT2D eigenvalue weighted by Gasteiger charge is -2.35. The van der Waals surface area contributed by atoms with E-state index in [1.807, 2.05) is 0 Å². The Kier molecular flexibility index (Phi) is 4.78. The highest BCUT2D eigenvalue weighted by atomic mass is 16.2. The average Bonchev–Trinajstić information content (AvgIpc) is 2.74. The Bertz CT molecular complexity index is 232. The highest BCUT2D eigenvalue weighted by Crippen LogP contribution is 2.33. The minimum atomic E-state index is -0.0527. The van der Waals surface area contributed by atoms with Gasteiger partial charge in [-0.2, -0.15) is 0 Å². The van der Waals surface area contributed by atoms with E-state index >= 15 is 0 Å². The molecule has 94 valence electrons. The van der Waals surface area contributed by atoms with Crippen LogP contribution in [0.25, 0.3) is 0 Å². The van der Waals surface area contributed by atoms with Crippen LogP contribution in [-0.2, 0) is 4.79 Å². The first kappa shape index (κ1) is 13.5. The first-order chi connectivity index (χ1) is 7.54. The molecule has 0 heterocycles. The van der Waals surface area contributed by atoms with Crippen molar-refractivity contribution in [1.29, 1.82) is 0 Å². The van der Waals surface area contributed by atoms with Crippen molar-refractivity contribution < 1.29 is 4.79 Å². The van der Waals surface area contributed by atoms with Crippen LogP contribution in [-0.4, -0.2) is 24.5 Å². The van der Waals surface area contributed by atoms with Crippen molar-refractivity contribution in [1.82, 2.24) is 10.6 Å². The number of rotatable bonds is 5. The molecule has 1 aliphatic rings. The number of carbonyl (C=O) groups is 1. The van der Waals surface area contributed by atoms with Crippen molar-refractivity contribution in [2.45, 2.75) is 64.5 Å². The lowest BCUT2D eigenvalue weighted by atomic mass is 9.90. The van der Waals surface area contributed by atoms with Gasteiger partial charge in [0, 0.05) is 12.6 Å². The summed E-state index contributed by atoms with van der Waals surface area (Å²) >= 11 is 0. The minimum Gasteiger partial charge on any atom is -0.358 e. The standard InChI is InChI=1S/C13H26N2O/c1-5-13(8-6-7-9-13)15-11(10(2)3)12(16)14-4/h10-11,15H,5-9H2,1-4H3,(H,14,16)/t11-/m0/s1. The van der Waals surface area contributed by atoms with Crippen molar-refractivity contribution in [2.75, 3.05) is 7.05 Å². The molecule has 1 rings (SSSR count). The normalized spacial score (nSPS) is 21.1. The zero-order chi connectivity index (χ0) is 12.2. The second-order valence-electron chi connectivity index (χ2n) is 5.32. The number of carbonyl (C=O) groups excluding carboxylic acids is 1. The molecule has 0 aromatic heterocycles. The summed E-state index contributed by atoms with van der Waals surface area (Å²) in [5, 5.41) is 6.38. The molecular weight excluding hydrogens is 200 g/mol. The van der Waals surface area contributed by atoms with Crippen LogP contribution >= 0.6 is 0 Å². The van der Waals surface area contributed by atoms with Crippen molar-refractivity contribution in [3.05, 3.63) is 0 Å². The third-order valence-corrected chi connectivity index (χ3v) is 3.89. The van der Waals surface area contributed by atoms with E-state index in [1.54, 1.807) is 7.05 Å². The third-order valence-electron chi connectivity index (χ3n) is 3.89. The molecule has 0 unspecified atom stereocenters. The molecule has 0 aromatic rings. The summed E-state index contributed by atoms with van der Waals surface area (Å²) in [5.41, 5.74) is 0.210. The molecule has 3 heteroatoms. The largest absolute Gasteiger partial charge is 0.358 e. The molecular formula is C13H26N2O. The van der Waals surface area contributed by atoms with E-state index in [0.29, 0.717) is 5.92 Å². The van der Waals surface area contributed by atoms with Gasteiger partial charge in [0.05, 0.1) is 6.04 Å². The Balaban J connectivity index is 2.69. The summed E-state index contributed by atoms with van der Waals surface area (Å²) in [6.07, 6.45) is 6.12. The number of hydrogen-bond acceptors (Lipinski definition) is 2. The summed E-state index contributed by atoms with van der Waals surface area (Å²) < 4.78 is 0. The first-order valence-electron chi connectivity index (χ1n) is 6.54. The molecule has 0 radical (unpaired) electrons. The van der Waals surface area contributed by atoms with Crippen molar-refractivity contribution in [2.24, 2.45) is 5.92 Å². The van der Waals surface area contributed by atoms with Gasteiger partial charge in [0.15, 0.2) is 0 Å². The van der Waals surface area contributed by atoms with Crippen LogP contribution in [0.5, 0.6) is 0 Å². The van der Waals surface area contributed by atoms with Gasteiger partial charge >= 0.3 is 0 Å². The van der Waals surface area contributed by atoms with Gasteiger partial charge in [0.2, 0.25) is 5.91 Å². The van der Waals surface area contributed by atoms with E-state index in [-0.39, 0.29) is 17.5 Å². The molecule has 0 spiro atoms. The van der Waals surface area contributed by atoms with Gasteiger partial charge < -0.3 is 10.6 Å². The molecule has 0 saturated heterocycles. The van der Waals surface area contributed by atoms with E-state index in [9.17, 15) is 4.79 Å². The first-order valence-corrected chi connectivity index (χ1v) is 6.54. The predicted octanol–water partition coefficient (Wildman–Crippen LogP) is 2.07. The Morgan fingerprint density at radius 1 is 1.31 bits per heavy atom. The van der Waals surface area contributed by atoms with Crippen LogP contribution in [0.3, 0.4) is 0 Å². The van der Waals surface area contributed by atoms with E-state index < -0.39 is 0 Å². The molecule has 0 aliphatic heterocycles. The van der Waals surface area contributed by atoms with E-state index in [0.717, 1.165) is 6.42 Å². The van der Waals surface area contributed by atoms with Gasteiger partial charge in [-0.15, -0.1) is 0 Å². The second-order valence-corrected chi connectivity index (χ2v) is 5.32. The second kappa shape index (κ2) is 5.67. The van der Waals surface area contributed by atoms with Crippen LogP contribution in [0.2, 0.25) is 0 Å². The van der Waals surface area contributed by atoms with Gasteiger partial charge in [0.25, 0.3) is 0 Å². The molecule has 1 fully saturated rings. The summed E-state index contributed by atoms with van der Waals surface area (Å²) in [6, 6.07) is -0.0527. The van der Waals surface area contributed by atoms with Gasteiger partial charge in [-0.25, -0.2) is 0 Å². The molecule has 1 saturated carbocycles. The predicted molar refractivity (Wildman–Crippen MR) is 67.3 cm³/mol. The van der Waals surface area contributed by atoms with Crippen molar-refractivity contribution in [3.8, 4) is 0 Å². The number of likely N-dealkylation sites (N-methyl/N-ethyl adjacent to an activating group) is 1. The fraction of sp³-hybridized carbons (Fsp3) is 0.923. The Morgan fingerprint density at radius 3 is 2.25 bits per heavy atom. The van der Waals surface area contributed by atoms with Gasteiger partial charge in [-0.1, -0.05) is 33.6 Å². The maximum atomic E-state index is 11.8. The topological polar surface area (TPSA) is 41.1 Å². The van der Waals surface area contributed by atoms with Gasteiger partial charge in [0.1, 0.15) is 0 Å². The zero-order valence-corrected chi connectivity index (χ0v) is 11.1. The summed E-state index contributed by atoms with van der Waals surface area (Å²) in [5.74, 6) is 0.457. The maximum Gasteiger partial charge on any atom is 0.237 e. The lowest BCUT2D eigenvalue weighted by molar-refractivity contribution is -0.124. The lowest BCUT2D eigenvalue weighted by Crippen LogP contribution is -2.55. The van der Waals surface area contributed by atoms with E-state index in [4.69, 9.17) is 0 Å². The summed E-state index contributed by atoms with van der Waals surface area (Å²) in [7, 11) is 1.71. The molecule has 1 amide bonds. The van der Waals surface area contributed by atoms with Crippen LogP contribution in [0.1, 0.15) is 52.9 Å².